The zero-order valence-corrected chi connectivity index (χ0v) is 15.0. The summed E-state index contributed by atoms with van der Waals surface area (Å²) < 4.78 is 27.4. The van der Waals surface area contributed by atoms with Gasteiger partial charge in [0.2, 0.25) is 10.0 Å². The summed E-state index contributed by atoms with van der Waals surface area (Å²) in [6.07, 6.45) is 2.87. The molecule has 0 aliphatic heterocycles. The highest BCUT2D eigenvalue weighted by Crippen LogP contribution is 2.25. The van der Waals surface area contributed by atoms with Gasteiger partial charge in [0.05, 0.1) is 0 Å². The topological polar surface area (TPSA) is 58.2 Å². The molecule has 0 saturated carbocycles. The molecule has 4 nitrogen and oxygen atoms in total. The van der Waals surface area contributed by atoms with Crippen LogP contribution in [0.4, 0.5) is 0 Å². The van der Waals surface area contributed by atoms with Crippen LogP contribution in [0.25, 0.3) is 0 Å². The SMILES string of the molecule is CSCCCNS(=O)(=O)c1cc(C)c(CNC(C)C)s1. The van der Waals surface area contributed by atoms with Gasteiger partial charge in [0, 0.05) is 24.0 Å². The number of thioether (sulfide) groups is 1. The number of nitrogens with one attached hydrogen (secondary N) is 2. The van der Waals surface area contributed by atoms with E-state index < -0.39 is 10.0 Å². The van der Waals surface area contributed by atoms with Crippen LogP contribution in [0.3, 0.4) is 0 Å². The number of rotatable bonds is 9. The standard InChI is InChI=1S/C13H24N2O2S3/c1-10(2)14-9-12-11(3)8-13(19-12)20(16,17)15-6-5-7-18-4/h8,10,14-15H,5-7,9H2,1-4H3. The Labute approximate surface area is 130 Å². The fourth-order valence-corrected chi connectivity index (χ4v) is 4.68. The predicted molar refractivity (Wildman–Crippen MR) is 89.2 cm³/mol. The van der Waals surface area contributed by atoms with Crippen LogP contribution in [0.5, 0.6) is 0 Å². The highest BCUT2D eigenvalue weighted by atomic mass is 32.2. The third-order valence-corrected chi connectivity index (χ3v) is 6.62. The number of thiophene rings is 1. The summed E-state index contributed by atoms with van der Waals surface area (Å²) >= 11 is 3.08. The summed E-state index contributed by atoms with van der Waals surface area (Å²) in [5.74, 6) is 0.968. The fraction of sp³-hybridized carbons (Fsp3) is 0.692. The van der Waals surface area contributed by atoms with Crippen LogP contribution in [0.1, 0.15) is 30.7 Å². The first-order chi connectivity index (χ1) is 9.36. The van der Waals surface area contributed by atoms with E-state index in [0.717, 1.165) is 29.2 Å². The zero-order valence-electron chi connectivity index (χ0n) is 12.5. The molecule has 0 amide bonds. The van der Waals surface area contributed by atoms with Gasteiger partial charge in [-0.2, -0.15) is 11.8 Å². The Morgan fingerprint density at radius 3 is 2.70 bits per heavy atom. The van der Waals surface area contributed by atoms with Crippen molar-refractivity contribution in [2.75, 3.05) is 18.6 Å². The van der Waals surface area contributed by atoms with Crippen LogP contribution in [0.15, 0.2) is 10.3 Å². The molecule has 0 atom stereocenters. The lowest BCUT2D eigenvalue weighted by atomic mass is 10.3. The van der Waals surface area contributed by atoms with Crippen LogP contribution in [0.2, 0.25) is 0 Å². The number of sulfonamides is 1. The molecule has 0 spiro atoms. The molecular weight excluding hydrogens is 312 g/mol. The molecule has 1 rings (SSSR count). The van der Waals surface area contributed by atoms with E-state index in [1.807, 2.05) is 13.2 Å². The van der Waals surface area contributed by atoms with E-state index in [4.69, 9.17) is 0 Å². The maximum atomic E-state index is 12.2. The normalized spacial score (nSPS) is 12.2. The molecule has 0 aliphatic rings. The van der Waals surface area contributed by atoms with Crippen molar-refractivity contribution in [2.24, 2.45) is 0 Å². The fourth-order valence-electron chi connectivity index (χ4n) is 1.59. The molecule has 116 valence electrons. The third kappa shape index (κ3) is 5.73. The predicted octanol–water partition coefficient (Wildman–Crippen LogP) is 2.59. The second-order valence-electron chi connectivity index (χ2n) is 4.95. The number of aryl methyl sites for hydroxylation is 1. The molecule has 7 heteroatoms. The van der Waals surface area contributed by atoms with E-state index >= 15 is 0 Å². The Balaban J connectivity index is 2.68. The van der Waals surface area contributed by atoms with Gasteiger partial charge in [0.15, 0.2) is 0 Å². The first-order valence-corrected chi connectivity index (χ1v) is 10.4. The van der Waals surface area contributed by atoms with Crippen molar-refractivity contribution in [3.63, 3.8) is 0 Å². The molecule has 20 heavy (non-hydrogen) atoms. The van der Waals surface area contributed by atoms with Gasteiger partial charge < -0.3 is 5.32 Å². The van der Waals surface area contributed by atoms with Crippen LogP contribution >= 0.6 is 23.1 Å². The van der Waals surface area contributed by atoms with Gasteiger partial charge >= 0.3 is 0 Å². The van der Waals surface area contributed by atoms with E-state index in [0.29, 0.717) is 16.8 Å². The highest BCUT2D eigenvalue weighted by molar-refractivity contribution is 7.98. The molecular formula is C13H24N2O2S3. The Bertz CT molecular complexity index is 510. The van der Waals surface area contributed by atoms with Crippen molar-refractivity contribution < 1.29 is 8.42 Å². The smallest absolute Gasteiger partial charge is 0.250 e. The minimum Gasteiger partial charge on any atom is -0.310 e. The molecule has 2 N–H and O–H groups in total. The maximum absolute atomic E-state index is 12.2. The summed E-state index contributed by atoms with van der Waals surface area (Å²) in [5.41, 5.74) is 1.03. The first-order valence-electron chi connectivity index (χ1n) is 6.68. The van der Waals surface area contributed by atoms with Crippen molar-refractivity contribution >= 4 is 33.1 Å². The average Bonchev–Trinajstić information content (AvgIpc) is 2.74. The Hall–Kier alpha value is -0.0800. The van der Waals surface area contributed by atoms with Crippen LogP contribution < -0.4 is 10.0 Å². The Morgan fingerprint density at radius 1 is 1.40 bits per heavy atom. The highest BCUT2D eigenvalue weighted by Gasteiger charge is 2.18. The second-order valence-corrected chi connectivity index (χ2v) is 9.07. The van der Waals surface area contributed by atoms with Crippen molar-refractivity contribution in [3.05, 3.63) is 16.5 Å². The van der Waals surface area contributed by atoms with E-state index in [1.165, 1.54) is 11.3 Å². The summed E-state index contributed by atoms with van der Waals surface area (Å²) in [4.78, 5) is 1.09. The van der Waals surface area contributed by atoms with Gasteiger partial charge in [-0.1, -0.05) is 13.8 Å². The van der Waals surface area contributed by atoms with Gasteiger partial charge in [-0.3, -0.25) is 0 Å². The molecule has 0 fully saturated rings. The Kier molecular flexibility index (Phi) is 7.53. The van der Waals surface area contributed by atoms with Crippen molar-refractivity contribution in [2.45, 2.75) is 44.0 Å². The van der Waals surface area contributed by atoms with Crippen molar-refractivity contribution in [1.29, 1.82) is 0 Å². The van der Waals surface area contributed by atoms with E-state index in [1.54, 1.807) is 17.8 Å². The molecule has 0 saturated heterocycles. The van der Waals surface area contributed by atoms with Crippen LogP contribution in [-0.2, 0) is 16.6 Å². The van der Waals surface area contributed by atoms with Crippen LogP contribution in [-0.4, -0.2) is 33.0 Å². The zero-order chi connectivity index (χ0) is 15.2. The molecule has 1 heterocycles. The summed E-state index contributed by atoms with van der Waals surface area (Å²) in [7, 11) is -3.35. The van der Waals surface area contributed by atoms with Gasteiger partial charge in [0.25, 0.3) is 0 Å². The minimum atomic E-state index is -3.35. The van der Waals surface area contributed by atoms with E-state index in [-0.39, 0.29) is 0 Å². The van der Waals surface area contributed by atoms with Gasteiger partial charge in [-0.25, -0.2) is 13.1 Å². The molecule has 0 aliphatic carbocycles. The minimum absolute atomic E-state index is 0.390. The molecule has 0 bridgehead atoms. The Morgan fingerprint density at radius 2 is 2.10 bits per heavy atom. The van der Waals surface area contributed by atoms with Crippen molar-refractivity contribution in [3.8, 4) is 0 Å². The van der Waals surface area contributed by atoms with Gasteiger partial charge in [-0.15, -0.1) is 11.3 Å². The van der Waals surface area contributed by atoms with Gasteiger partial charge in [-0.05, 0) is 37.0 Å². The summed E-state index contributed by atoms with van der Waals surface area (Å²) in [5, 5.41) is 3.32. The van der Waals surface area contributed by atoms with E-state index in [2.05, 4.69) is 23.9 Å². The lowest BCUT2D eigenvalue weighted by Crippen LogP contribution is -2.24. The lowest BCUT2D eigenvalue weighted by Gasteiger charge is -2.06. The summed E-state index contributed by atoms with van der Waals surface area (Å²) in [6, 6.07) is 2.15. The van der Waals surface area contributed by atoms with E-state index in [9.17, 15) is 8.42 Å². The third-order valence-electron chi connectivity index (χ3n) is 2.75. The van der Waals surface area contributed by atoms with Crippen molar-refractivity contribution in [1.82, 2.24) is 10.0 Å². The van der Waals surface area contributed by atoms with Gasteiger partial charge in [0.1, 0.15) is 4.21 Å². The molecule has 0 radical (unpaired) electrons. The summed E-state index contributed by atoms with van der Waals surface area (Å²) in [6.45, 7) is 7.33. The monoisotopic (exact) mass is 336 g/mol. The number of hydrogen-bond donors (Lipinski definition) is 2. The average molecular weight is 337 g/mol. The largest absolute Gasteiger partial charge is 0.310 e. The first kappa shape index (κ1) is 18.0. The molecule has 1 aromatic heterocycles. The maximum Gasteiger partial charge on any atom is 0.250 e. The molecule has 0 aromatic carbocycles. The second kappa shape index (κ2) is 8.38. The lowest BCUT2D eigenvalue weighted by molar-refractivity contribution is 0.583. The quantitative estimate of drug-likeness (QED) is 0.681. The van der Waals surface area contributed by atoms with Crippen LogP contribution in [0, 0.1) is 6.92 Å². The molecule has 0 unspecified atom stereocenters. The molecule has 1 aromatic rings. The number of hydrogen-bond acceptors (Lipinski definition) is 5.